The number of nitrogens with one attached hydrogen (secondary N) is 1. The van der Waals surface area contributed by atoms with E-state index in [2.05, 4.69) is 35.3 Å². The van der Waals surface area contributed by atoms with Gasteiger partial charge in [-0.25, -0.2) is 14.4 Å². The molecule has 4 atom stereocenters. The van der Waals surface area contributed by atoms with E-state index in [0.717, 1.165) is 11.3 Å². The van der Waals surface area contributed by atoms with Crippen molar-refractivity contribution in [1.82, 2.24) is 20.2 Å². The number of hydrogen-bond donors (Lipinski definition) is 1. The van der Waals surface area contributed by atoms with Crippen molar-refractivity contribution in [3.05, 3.63) is 207 Å². The van der Waals surface area contributed by atoms with Crippen LogP contribution in [0.5, 0.6) is 0 Å². The lowest BCUT2D eigenvalue weighted by molar-refractivity contribution is -0.147. The van der Waals surface area contributed by atoms with Crippen molar-refractivity contribution in [2.24, 2.45) is 10.2 Å². The minimum atomic E-state index is -1.14. The second-order valence-electron chi connectivity index (χ2n) is 19.9. The Bertz CT molecular complexity index is 3390. The number of methoxy groups -OCH3 is 2. The second-order valence-corrected chi connectivity index (χ2v) is 21.9. The number of carbonyl (C=O) groups is 6. The Kier molecular flexibility index (Phi) is 25.8. The van der Waals surface area contributed by atoms with E-state index in [1.807, 2.05) is 25.1 Å². The van der Waals surface area contributed by atoms with Gasteiger partial charge in [-0.2, -0.15) is 0 Å². The van der Waals surface area contributed by atoms with Crippen molar-refractivity contribution in [3.63, 3.8) is 0 Å². The highest BCUT2D eigenvalue weighted by Crippen LogP contribution is 2.34. The number of amides is 1. The van der Waals surface area contributed by atoms with Gasteiger partial charge in [-0.15, -0.1) is 0 Å². The minimum Gasteiger partial charge on any atom is -0.468 e. The zero-order chi connectivity index (χ0) is 61.8. The summed E-state index contributed by atoms with van der Waals surface area (Å²) in [6.07, 6.45) is 3.68. The summed E-state index contributed by atoms with van der Waals surface area (Å²) in [5.41, 5.74) is 19.4. The molecule has 6 rings (SSSR count). The van der Waals surface area contributed by atoms with Crippen LogP contribution in [0, 0.1) is 0 Å². The average Bonchev–Trinajstić information content (AvgIpc) is 3.43. The Labute approximate surface area is 504 Å². The molecule has 1 N–H and O–H groups in total. The molecule has 20 nitrogen and oxygen atoms in total. The molecule has 0 spiro atoms. The summed E-state index contributed by atoms with van der Waals surface area (Å²) in [6, 6.07) is 26.4. The highest BCUT2D eigenvalue weighted by atomic mass is 35.5. The molecule has 2 aromatic heterocycles. The normalized spacial score (nSPS) is 12.3. The van der Waals surface area contributed by atoms with Gasteiger partial charge in [0.05, 0.1) is 52.8 Å². The molecule has 0 fully saturated rings. The SMILES string of the molecule is COC(=O)[C@@H](Cc1ccccn1)N(C(=O)c1ccc(Cl)cc1N=[N+]=[N-])C(C)c1ccc(C(=O)OC(C)(C)C)c(Cl)c1.COC(=O)[C@@H](Cc1ccccn1)NC(C)c1ccc(C(=O)OC(C)(C)C)c(Cl)c1.[N-]=[N+]=Nc1cc(Cl)ccc1C(=O)Cl. The lowest BCUT2D eigenvalue weighted by atomic mass is 9.98. The van der Waals surface area contributed by atoms with E-state index >= 15 is 0 Å². The monoisotopic (exact) mass is 1230 g/mol. The predicted octanol–water partition coefficient (Wildman–Crippen LogP) is 15.1. The minimum absolute atomic E-state index is 0.0121. The van der Waals surface area contributed by atoms with Crippen LogP contribution in [0.15, 0.2) is 132 Å². The molecule has 0 aliphatic heterocycles. The number of aromatic nitrogens is 2. The zero-order valence-electron chi connectivity index (χ0n) is 46.8. The van der Waals surface area contributed by atoms with Gasteiger partial charge >= 0.3 is 23.9 Å². The van der Waals surface area contributed by atoms with Gasteiger partial charge in [0.1, 0.15) is 23.3 Å². The molecule has 0 saturated heterocycles. The molecule has 1 amide bonds. The molecule has 0 bridgehead atoms. The maximum absolute atomic E-state index is 14.2. The predicted molar refractivity (Wildman–Crippen MR) is 318 cm³/mol. The number of pyridine rings is 2. The van der Waals surface area contributed by atoms with Crippen LogP contribution in [-0.2, 0) is 41.4 Å². The van der Waals surface area contributed by atoms with Crippen LogP contribution in [0.2, 0.25) is 20.1 Å². The van der Waals surface area contributed by atoms with E-state index < -0.39 is 58.4 Å². The van der Waals surface area contributed by atoms with Crippen molar-refractivity contribution < 1.29 is 47.7 Å². The van der Waals surface area contributed by atoms with E-state index in [-0.39, 0.29) is 56.5 Å². The topological polar surface area (TPSA) is 278 Å². The Morgan fingerprint density at radius 1 is 0.602 bits per heavy atom. The summed E-state index contributed by atoms with van der Waals surface area (Å²) in [5, 5.41) is 10.5. The largest absolute Gasteiger partial charge is 0.468 e. The van der Waals surface area contributed by atoms with E-state index in [0.29, 0.717) is 33.3 Å². The number of carbonyl (C=O) groups excluding carboxylic acids is 6. The molecule has 83 heavy (non-hydrogen) atoms. The van der Waals surface area contributed by atoms with Gasteiger partial charge in [0.15, 0.2) is 0 Å². The van der Waals surface area contributed by atoms with Crippen molar-refractivity contribution >= 4 is 104 Å². The van der Waals surface area contributed by atoms with Crippen LogP contribution in [0.3, 0.4) is 0 Å². The maximum Gasteiger partial charge on any atom is 0.340 e. The summed E-state index contributed by atoms with van der Waals surface area (Å²) >= 11 is 29.8. The van der Waals surface area contributed by atoms with Crippen molar-refractivity contribution in [3.8, 4) is 0 Å². The summed E-state index contributed by atoms with van der Waals surface area (Å²) in [5.74, 6) is -2.77. The first-order valence-electron chi connectivity index (χ1n) is 25.1. The smallest absolute Gasteiger partial charge is 0.340 e. The molecule has 436 valence electrons. The van der Waals surface area contributed by atoms with Crippen LogP contribution in [0.25, 0.3) is 20.9 Å². The number of azide groups is 2. The Hall–Kier alpha value is -7.77. The summed E-state index contributed by atoms with van der Waals surface area (Å²) in [7, 11) is 2.58. The van der Waals surface area contributed by atoms with Crippen molar-refractivity contribution in [2.75, 3.05) is 14.2 Å². The number of nitrogens with zero attached hydrogens (tertiary/aromatic N) is 9. The maximum atomic E-state index is 14.2. The summed E-state index contributed by atoms with van der Waals surface area (Å²) in [6.45, 7) is 14.2. The number of halogens is 5. The number of benzene rings is 4. The van der Waals surface area contributed by atoms with Crippen molar-refractivity contribution in [2.45, 2.75) is 104 Å². The third-order valence-electron chi connectivity index (χ3n) is 11.5. The number of esters is 4. The molecular formula is C58H59Cl5N10O10. The van der Waals surface area contributed by atoms with Crippen LogP contribution in [0.4, 0.5) is 11.4 Å². The molecule has 0 aliphatic rings. The van der Waals surface area contributed by atoms with E-state index in [1.165, 1.54) is 67.7 Å². The van der Waals surface area contributed by atoms with Gasteiger partial charge in [0, 0.05) is 73.7 Å². The number of ether oxygens (including phenoxy) is 4. The van der Waals surface area contributed by atoms with Gasteiger partial charge in [0.25, 0.3) is 11.1 Å². The fraction of sp³-hybridized carbons (Fsp3) is 0.310. The Morgan fingerprint density at radius 3 is 1.48 bits per heavy atom. The van der Waals surface area contributed by atoms with Gasteiger partial charge in [0.2, 0.25) is 0 Å². The third-order valence-corrected chi connectivity index (χ3v) is 12.8. The zero-order valence-corrected chi connectivity index (χ0v) is 50.5. The van der Waals surface area contributed by atoms with Crippen molar-refractivity contribution in [1.29, 1.82) is 0 Å². The lowest BCUT2D eigenvalue weighted by Crippen LogP contribution is -2.48. The molecule has 2 heterocycles. The van der Waals surface area contributed by atoms with Gasteiger partial charge < -0.3 is 23.8 Å². The summed E-state index contributed by atoms with van der Waals surface area (Å²) < 4.78 is 20.8. The number of rotatable bonds is 18. The fourth-order valence-corrected chi connectivity index (χ4v) is 8.75. The molecule has 0 radical (unpaired) electrons. The molecule has 4 aromatic carbocycles. The molecular weight excluding hydrogens is 1170 g/mol. The van der Waals surface area contributed by atoms with E-state index in [9.17, 15) is 28.8 Å². The summed E-state index contributed by atoms with van der Waals surface area (Å²) in [4.78, 5) is 90.6. The first-order chi connectivity index (χ1) is 39.1. The van der Waals surface area contributed by atoms with Gasteiger partial charge in [-0.1, -0.05) is 80.9 Å². The lowest BCUT2D eigenvalue weighted by Gasteiger charge is -2.36. The van der Waals surface area contributed by atoms with Gasteiger partial charge in [-0.3, -0.25) is 29.7 Å². The molecule has 0 saturated carbocycles. The Morgan fingerprint density at radius 2 is 1.05 bits per heavy atom. The molecule has 2 unspecified atom stereocenters. The Balaban J connectivity index is 0.000000304. The quantitative estimate of drug-likeness (QED) is 0.0209. The highest BCUT2D eigenvalue weighted by molar-refractivity contribution is 6.68. The first kappa shape index (κ1) is 67.7. The van der Waals surface area contributed by atoms with Gasteiger partial charge in [-0.05, 0) is 174 Å². The first-order valence-corrected chi connectivity index (χ1v) is 27.0. The second kappa shape index (κ2) is 31.6. The molecule has 0 aliphatic carbocycles. The molecule has 6 aromatic rings. The van der Waals surface area contributed by atoms with Crippen LogP contribution < -0.4 is 5.32 Å². The van der Waals surface area contributed by atoms with E-state index in [4.69, 9.17) is 88.0 Å². The van der Waals surface area contributed by atoms with Crippen LogP contribution >= 0.6 is 58.0 Å². The van der Waals surface area contributed by atoms with Crippen LogP contribution in [0.1, 0.15) is 131 Å². The fourth-order valence-electron chi connectivity index (χ4n) is 7.72. The van der Waals surface area contributed by atoms with Crippen LogP contribution in [-0.4, -0.2) is 87.4 Å². The standard InChI is InChI=1S/C29H29Cl2N5O5.C22H27ClN2O4.C7H3Cl2N3O/c1-17(18-9-11-21(23(31)14-18)27(38)41-29(2,3)4)36(25(28(39)40-5)16-20-8-6-7-13-33-20)26(37)22-12-10-19(30)15-24(22)34-35-32;1-14(25-19(21(27)28-5)13-16-8-6-7-11-24-16)15-9-10-17(18(23)12-15)20(26)29-22(2,3)4;8-4-1-2-5(7(9)13)6(3-4)11-12-10/h6-15,17,25H,16H2,1-5H3;6-12,14,19,25H,13H2,1-5H3;1-3H/t17?,25-;14?,19-;/m11./s1. The van der Waals surface area contributed by atoms with E-state index in [1.54, 1.807) is 103 Å². The number of hydrogen-bond acceptors (Lipinski definition) is 15. The molecule has 25 heteroatoms. The average molecular weight is 1230 g/mol. The highest BCUT2D eigenvalue weighted by Gasteiger charge is 2.37. The third kappa shape index (κ3) is 20.9.